The van der Waals surface area contributed by atoms with E-state index in [2.05, 4.69) is 16.0 Å². The Morgan fingerprint density at radius 2 is 1.73 bits per heavy atom. The third-order valence-corrected chi connectivity index (χ3v) is 6.00. The number of piperidine rings is 1. The van der Waals surface area contributed by atoms with Gasteiger partial charge in [-0.25, -0.2) is 13.6 Å². The van der Waals surface area contributed by atoms with E-state index in [4.69, 9.17) is 4.74 Å². The highest BCUT2D eigenvalue weighted by Crippen LogP contribution is 2.33. The molecule has 12 heteroatoms. The zero-order chi connectivity index (χ0) is 27.2. The zero-order valence-corrected chi connectivity index (χ0v) is 19.9. The molecule has 1 atom stereocenters. The number of ether oxygens (including phenoxy) is 1. The van der Waals surface area contributed by atoms with E-state index in [1.54, 1.807) is 37.3 Å². The fourth-order valence-corrected chi connectivity index (χ4v) is 4.06. The van der Waals surface area contributed by atoms with Crippen LogP contribution in [0.2, 0.25) is 0 Å². The summed E-state index contributed by atoms with van der Waals surface area (Å²) in [5.41, 5.74) is -3.65. The summed E-state index contributed by atoms with van der Waals surface area (Å²) < 4.78 is 72.1. The van der Waals surface area contributed by atoms with Gasteiger partial charge in [-0.2, -0.15) is 13.2 Å². The Morgan fingerprint density at radius 1 is 1.08 bits per heavy atom. The second kappa shape index (κ2) is 11.7. The highest BCUT2D eigenvalue weighted by atomic mass is 19.4. The van der Waals surface area contributed by atoms with Crippen LogP contribution in [0.1, 0.15) is 41.3 Å². The lowest BCUT2D eigenvalue weighted by molar-refractivity contribution is -0.148. The third-order valence-electron chi connectivity index (χ3n) is 6.00. The molecule has 0 radical (unpaired) electrons. The summed E-state index contributed by atoms with van der Waals surface area (Å²) >= 11 is 0. The predicted molar refractivity (Wildman–Crippen MR) is 122 cm³/mol. The highest BCUT2D eigenvalue weighted by molar-refractivity contribution is 6.00. The lowest BCUT2D eigenvalue weighted by atomic mass is 9.86. The van der Waals surface area contributed by atoms with Gasteiger partial charge in [0.1, 0.15) is 11.6 Å². The minimum atomic E-state index is -5.24. The van der Waals surface area contributed by atoms with Gasteiger partial charge in [-0.3, -0.25) is 9.59 Å². The van der Waals surface area contributed by atoms with Gasteiger partial charge in [0.05, 0.1) is 12.2 Å². The van der Waals surface area contributed by atoms with Gasteiger partial charge in [-0.05, 0) is 50.6 Å². The molecule has 0 saturated carbocycles. The van der Waals surface area contributed by atoms with Crippen molar-refractivity contribution >= 4 is 17.8 Å². The maximum absolute atomic E-state index is 13.9. The van der Waals surface area contributed by atoms with Crippen LogP contribution in [0.15, 0.2) is 42.5 Å². The molecule has 1 unspecified atom stereocenters. The first-order chi connectivity index (χ1) is 17.5. The first kappa shape index (κ1) is 28.0. The van der Waals surface area contributed by atoms with Crippen molar-refractivity contribution < 1.29 is 41.1 Å². The van der Waals surface area contributed by atoms with E-state index in [1.807, 2.05) is 0 Å². The van der Waals surface area contributed by atoms with Crippen molar-refractivity contribution in [3.63, 3.8) is 0 Å². The molecule has 0 aliphatic carbocycles. The number of alkyl halides is 3. The molecule has 37 heavy (non-hydrogen) atoms. The molecule has 200 valence electrons. The summed E-state index contributed by atoms with van der Waals surface area (Å²) in [7, 11) is 0. The fourth-order valence-electron chi connectivity index (χ4n) is 4.06. The Kier molecular flexibility index (Phi) is 8.85. The first-order valence-electron chi connectivity index (χ1n) is 11.6. The van der Waals surface area contributed by atoms with E-state index in [-0.39, 0.29) is 45.0 Å². The maximum atomic E-state index is 13.9. The molecular weight excluding hydrogens is 501 g/mol. The zero-order valence-electron chi connectivity index (χ0n) is 19.9. The van der Waals surface area contributed by atoms with Crippen LogP contribution in [0.3, 0.4) is 0 Å². The molecule has 0 bridgehead atoms. The van der Waals surface area contributed by atoms with Crippen LogP contribution in [0, 0.1) is 11.6 Å². The largest absolute Gasteiger partial charge is 0.464 e. The number of hydrogen-bond acceptors (Lipinski definition) is 5. The van der Waals surface area contributed by atoms with Gasteiger partial charge in [0.25, 0.3) is 5.91 Å². The lowest BCUT2D eigenvalue weighted by Crippen LogP contribution is -2.64. The van der Waals surface area contributed by atoms with E-state index >= 15 is 0 Å². The van der Waals surface area contributed by atoms with Crippen molar-refractivity contribution in [1.82, 2.24) is 16.0 Å². The van der Waals surface area contributed by atoms with Crippen LogP contribution in [0.4, 0.5) is 22.0 Å². The summed E-state index contributed by atoms with van der Waals surface area (Å²) in [6.07, 6.45) is -5.09. The maximum Gasteiger partial charge on any atom is 0.419 e. The minimum absolute atomic E-state index is 0.0290. The number of benzene rings is 2. The Bertz CT molecular complexity index is 1140. The smallest absolute Gasteiger partial charge is 0.419 e. The Labute approximate surface area is 209 Å². The average Bonchev–Trinajstić information content (AvgIpc) is 2.85. The SMILES string of the molecule is CCOC(=O)C(Cc1ccccc1)NC(=O)C1(NC(=O)c2cc(F)c(F)c(C(F)(F)F)c2)CCNCC1. The van der Waals surface area contributed by atoms with Crippen LogP contribution >= 0.6 is 0 Å². The predicted octanol–water partition coefficient (Wildman–Crippen LogP) is 3.13. The van der Waals surface area contributed by atoms with Crippen LogP contribution in [-0.2, 0) is 26.9 Å². The highest BCUT2D eigenvalue weighted by Gasteiger charge is 2.43. The standard InChI is InChI=1S/C25H26F5N3O4/c1-2-37-22(35)19(12-15-6-4-3-5-7-15)32-23(36)24(8-10-31-11-9-24)33-21(34)16-13-17(25(28,29)30)20(27)18(26)14-16/h3-7,13-14,19,31H,2,8-12H2,1H3,(H,32,36)(H,33,34). The first-order valence-corrected chi connectivity index (χ1v) is 11.6. The van der Waals surface area contributed by atoms with Gasteiger partial charge in [-0.1, -0.05) is 30.3 Å². The number of halogens is 5. The van der Waals surface area contributed by atoms with Crippen molar-refractivity contribution in [1.29, 1.82) is 0 Å². The van der Waals surface area contributed by atoms with Gasteiger partial charge >= 0.3 is 12.1 Å². The molecule has 1 fully saturated rings. The second-order valence-electron chi connectivity index (χ2n) is 8.57. The van der Waals surface area contributed by atoms with Crippen LogP contribution < -0.4 is 16.0 Å². The van der Waals surface area contributed by atoms with Gasteiger partial charge in [0.2, 0.25) is 5.91 Å². The Hall–Kier alpha value is -3.54. The molecule has 2 aromatic rings. The Balaban J connectivity index is 1.88. The molecule has 2 aromatic carbocycles. The molecule has 0 aromatic heterocycles. The minimum Gasteiger partial charge on any atom is -0.464 e. The number of carbonyl (C=O) groups excluding carboxylic acids is 3. The van der Waals surface area contributed by atoms with Crippen molar-refractivity contribution in [2.75, 3.05) is 19.7 Å². The molecule has 1 aliphatic heterocycles. The normalized spacial score (nSPS) is 15.9. The van der Waals surface area contributed by atoms with E-state index in [0.29, 0.717) is 6.07 Å². The van der Waals surface area contributed by atoms with E-state index in [1.165, 1.54) is 0 Å². The molecule has 1 heterocycles. The van der Waals surface area contributed by atoms with E-state index in [0.717, 1.165) is 5.56 Å². The topological polar surface area (TPSA) is 96.5 Å². The van der Waals surface area contributed by atoms with Crippen LogP contribution in [0.25, 0.3) is 0 Å². The van der Waals surface area contributed by atoms with E-state index < -0.39 is 58.3 Å². The van der Waals surface area contributed by atoms with Crippen LogP contribution in [-0.4, -0.2) is 49.1 Å². The van der Waals surface area contributed by atoms with Crippen LogP contribution in [0.5, 0.6) is 0 Å². The summed E-state index contributed by atoms with van der Waals surface area (Å²) in [6.45, 7) is 2.19. The van der Waals surface area contributed by atoms with Crippen molar-refractivity contribution in [3.8, 4) is 0 Å². The summed E-state index contributed by atoms with van der Waals surface area (Å²) in [5, 5.41) is 8.03. The number of amides is 2. The average molecular weight is 527 g/mol. The van der Waals surface area contributed by atoms with Gasteiger partial charge in [0, 0.05) is 12.0 Å². The van der Waals surface area contributed by atoms with Crippen molar-refractivity contribution in [2.45, 2.75) is 43.9 Å². The lowest BCUT2D eigenvalue weighted by Gasteiger charge is -2.38. The molecule has 1 aliphatic rings. The summed E-state index contributed by atoms with van der Waals surface area (Å²) in [5.74, 6) is -6.64. The van der Waals surface area contributed by atoms with E-state index in [9.17, 15) is 36.3 Å². The number of nitrogens with one attached hydrogen (secondary N) is 3. The summed E-state index contributed by atoms with van der Waals surface area (Å²) in [4.78, 5) is 39.0. The monoisotopic (exact) mass is 527 g/mol. The third kappa shape index (κ3) is 6.82. The quantitative estimate of drug-likeness (QED) is 0.362. The molecule has 0 spiro atoms. The number of hydrogen-bond donors (Lipinski definition) is 3. The number of esters is 1. The second-order valence-corrected chi connectivity index (χ2v) is 8.57. The number of carbonyl (C=O) groups is 3. The molecule has 3 N–H and O–H groups in total. The van der Waals surface area contributed by atoms with Crippen molar-refractivity contribution in [2.24, 2.45) is 0 Å². The molecule has 1 saturated heterocycles. The van der Waals surface area contributed by atoms with Crippen molar-refractivity contribution in [3.05, 3.63) is 70.8 Å². The molecule has 7 nitrogen and oxygen atoms in total. The fraction of sp³-hybridized carbons (Fsp3) is 0.400. The van der Waals surface area contributed by atoms with Gasteiger partial charge in [0.15, 0.2) is 11.6 Å². The van der Waals surface area contributed by atoms with Gasteiger partial charge < -0.3 is 20.7 Å². The Morgan fingerprint density at radius 3 is 2.32 bits per heavy atom. The molecule has 2 amide bonds. The summed E-state index contributed by atoms with van der Waals surface area (Å²) in [6, 6.07) is 8.21. The van der Waals surface area contributed by atoms with Gasteiger partial charge in [-0.15, -0.1) is 0 Å². The number of rotatable bonds is 8. The molecule has 3 rings (SSSR count). The molecular formula is C25H26F5N3O4.